The minimum absolute atomic E-state index is 0.760. The van der Waals surface area contributed by atoms with Gasteiger partial charge in [-0.2, -0.15) is 5.26 Å². The maximum absolute atomic E-state index is 8.91. The van der Waals surface area contributed by atoms with Crippen LogP contribution in [-0.2, 0) is 6.42 Å². The number of rotatable bonds is 4. The van der Waals surface area contributed by atoms with Crippen molar-refractivity contribution >= 4 is 5.82 Å². The normalized spacial score (nSPS) is 9.62. The highest BCUT2D eigenvalue weighted by molar-refractivity contribution is 5.56. The lowest BCUT2D eigenvalue weighted by Crippen LogP contribution is -2.01. The number of H-pyrrole nitrogens is 1. The van der Waals surface area contributed by atoms with Crippen LogP contribution >= 0.6 is 0 Å². The maximum atomic E-state index is 8.91. The van der Waals surface area contributed by atoms with Crippen molar-refractivity contribution in [2.45, 2.75) is 26.7 Å². The van der Waals surface area contributed by atoms with Crippen molar-refractivity contribution in [2.75, 3.05) is 11.9 Å². The molecule has 0 amide bonds. The summed E-state index contributed by atoms with van der Waals surface area (Å²) in [6, 6.07) is 2.21. The maximum Gasteiger partial charge on any atom is 0.121 e. The van der Waals surface area contributed by atoms with Crippen LogP contribution < -0.4 is 5.32 Å². The van der Waals surface area contributed by atoms with Gasteiger partial charge in [-0.25, -0.2) is 0 Å². The summed E-state index contributed by atoms with van der Waals surface area (Å²) < 4.78 is 0. The van der Waals surface area contributed by atoms with Crippen molar-refractivity contribution in [3.8, 4) is 6.07 Å². The lowest BCUT2D eigenvalue weighted by Gasteiger charge is -2.01. The molecule has 70 valence electrons. The van der Waals surface area contributed by atoms with Gasteiger partial charge in [-0.05, 0) is 18.4 Å². The molecule has 0 aliphatic rings. The molecule has 0 saturated heterocycles. The Labute approximate surface area is 78.8 Å². The van der Waals surface area contributed by atoms with Crippen molar-refractivity contribution < 1.29 is 0 Å². The van der Waals surface area contributed by atoms with Gasteiger partial charge >= 0.3 is 0 Å². The van der Waals surface area contributed by atoms with E-state index in [1.165, 1.54) is 0 Å². The third kappa shape index (κ3) is 2.03. The molecule has 0 aromatic carbocycles. The van der Waals surface area contributed by atoms with Gasteiger partial charge in [-0.15, -0.1) is 0 Å². The zero-order chi connectivity index (χ0) is 9.68. The molecule has 0 spiro atoms. The standard InChI is InChI=1S/C10H15N3/c1-3-5-12-10-9(6-11)8(4-2)7-13-10/h7,12-13H,3-5H2,1-2H3. The summed E-state index contributed by atoms with van der Waals surface area (Å²) in [7, 11) is 0. The molecule has 0 atom stereocenters. The third-order valence-electron chi connectivity index (χ3n) is 2.01. The largest absolute Gasteiger partial charge is 0.371 e. The van der Waals surface area contributed by atoms with Crippen molar-refractivity contribution in [3.05, 3.63) is 17.3 Å². The van der Waals surface area contributed by atoms with E-state index in [2.05, 4.69) is 23.3 Å². The van der Waals surface area contributed by atoms with Gasteiger partial charge in [-0.3, -0.25) is 0 Å². The van der Waals surface area contributed by atoms with Crippen LogP contribution in [0.4, 0.5) is 5.82 Å². The monoisotopic (exact) mass is 177 g/mol. The number of aromatic amines is 1. The van der Waals surface area contributed by atoms with Crippen LogP contribution in [0.2, 0.25) is 0 Å². The molecule has 2 N–H and O–H groups in total. The molecule has 1 rings (SSSR count). The smallest absolute Gasteiger partial charge is 0.121 e. The number of hydrogen-bond acceptors (Lipinski definition) is 2. The van der Waals surface area contributed by atoms with E-state index in [0.29, 0.717) is 0 Å². The molecule has 0 bridgehead atoms. The van der Waals surface area contributed by atoms with Crippen LogP contribution in [-0.4, -0.2) is 11.5 Å². The number of hydrogen-bond donors (Lipinski definition) is 2. The van der Waals surface area contributed by atoms with Crippen LogP contribution in [0.25, 0.3) is 0 Å². The topological polar surface area (TPSA) is 51.6 Å². The van der Waals surface area contributed by atoms with E-state index in [1.807, 2.05) is 13.1 Å². The molecule has 3 nitrogen and oxygen atoms in total. The second-order valence-corrected chi connectivity index (χ2v) is 2.96. The summed E-state index contributed by atoms with van der Waals surface area (Å²) in [6.45, 7) is 5.05. The van der Waals surface area contributed by atoms with Crippen LogP contribution in [0, 0.1) is 11.3 Å². The minimum Gasteiger partial charge on any atom is -0.371 e. The average Bonchev–Trinajstić information content (AvgIpc) is 2.56. The number of nitrogens with zero attached hydrogens (tertiary/aromatic N) is 1. The van der Waals surface area contributed by atoms with Crippen molar-refractivity contribution in [1.82, 2.24) is 4.98 Å². The van der Waals surface area contributed by atoms with Gasteiger partial charge in [0.1, 0.15) is 11.9 Å². The Morgan fingerprint density at radius 3 is 2.85 bits per heavy atom. The van der Waals surface area contributed by atoms with Crippen LogP contribution in [0.5, 0.6) is 0 Å². The van der Waals surface area contributed by atoms with Gasteiger partial charge in [0, 0.05) is 12.7 Å². The average molecular weight is 177 g/mol. The lowest BCUT2D eigenvalue weighted by molar-refractivity contribution is 0.971. The van der Waals surface area contributed by atoms with E-state index in [0.717, 1.165) is 36.3 Å². The van der Waals surface area contributed by atoms with Crippen LogP contribution in [0.3, 0.4) is 0 Å². The number of anilines is 1. The summed E-state index contributed by atoms with van der Waals surface area (Å²) in [5.41, 5.74) is 1.84. The van der Waals surface area contributed by atoms with E-state index in [4.69, 9.17) is 5.26 Å². The fourth-order valence-electron chi connectivity index (χ4n) is 1.26. The van der Waals surface area contributed by atoms with Crippen LogP contribution in [0.15, 0.2) is 6.20 Å². The van der Waals surface area contributed by atoms with E-state index in [1.54, 1.807) is 0 Å². The van der Waals surface area contributed by atoms with E-state index in [-0.39, 0.29) is 0 Å². The van der Waals surface area contributed by atoms with Gasteiger partial charge in [0.15, 0.2) is 0 Å². The fourth-order valence-corrected chi connectivity index (χ4v) is 1.26. The molecular weight excluding hydrogens is 162 g/mol. The molecule has 0 saturated carbocycles. The summed E-state index contributed by atoms with van der Waals surface area (Å²) in [5, 5.41) is 12.1. The first kappa shape index (κ1) is 9.66. The number of aromatic nitrogens is 1. The highest BCUT2D eigenvalue weighted by atomic mass is 15.0. The fraction of sp³-hybridized carbons (Fsp3) is 0.500. The first-order valence-corrected chi connectivity index (χ1v) is 4.67. The lowest BCUT2D eigenvalue weighted by atomic mass is 10.1. The van der Waals surface area contributed by atoms with Crippen molar-refractivity contribution in [2.24, 2.45) is 0 Å². The SMILES string of the molecule is CCCNc1[nH]cc(CC)c1C#N. The highest BCUT2D eigenvalue weighted by Crippen LogP contribution is 2.18. The summed E-state index contributed by atoms with van der Waals surface area (Å²) in [6.07, 6.45) is 3.86. The Balaban J connectivity index is 2.83. The third-order valence-corrected chi connectivity index (χ3v) is 2.01. The highest BCUT2D eigenvalue weighted by Gasteiger charge is 2.07. The predicted octanol–water partition coefficient (Wildman–Crippen LogP) is 2.27. The predicted molar refractivity (Wildman–Crippen MR) is 53.7 cm³/mol. The first-order valence-electron chi connectivity index (χ1n) is 4.67. The Morgan fingerprint density at radius 1 is 1.54 bits per heavy atom. The van der Waals surface area contributed by atoms with Crippen molar-refractivity contribution in [1.29, 1.82) is 5.26 Å². The Kier molecular flexibility index (Phi) is 3.39. The molecule has 0 unspecified atom stereocenters. The molecule has 0 aliphatic heterocycles. The summed E-state index contributed by atoms with van der Waals surface area (Å²) in [5.74, 6) is 0.862. The number of nitrogens with one attached hydrogen (secondary N) is 2. The van der Waals surface area contributed by atoms with E-state index < -0.39 is 0 Å². The molecule has 1 heterocycles. The minimum atomic E-state index is 0.760. The molecule has 13 heavy (non-hydrogen) atoms. The van der Waals surface area contributed by atoms with E-state index in [9.17, 15) is 0 Å². The van der Waals surface area contributed by atoms with Crippen molar-refractivity contribution in [3.63, 3.8) is 0 Å². The zero-order valence-corrected chi connectivity index (χ0v) is 8.15. The molecule has 0 radical (unpaired) electrons. The molecule has 0 aliphatic carbocycles. The second-order valence-electron chi connectivity index (χ2n) is 2.96. The molecule has 0 fully saturated rings. The Morgan fingerprint density at radius 2 is 2.31 bits per heavy atom. The van der Waals surface area contributed by atoms with Gasteiger partial charge in [0.25, 0.3) is 0 Å². The number of aryl methyl sites for hydroxylation is 1. The van der Waals surface area contributed by atoms with Gasteiger partial charge in [-0.1, -0.05) is 13.8 Å². The Hall–Kier alpha value is -1.43. The quantitative estimate of drug-likeness (QED) is 0.741. The Bertz CT molecular complexity index is 306. The molecule has 1 aromatic heterocycles. The van der Waals surface area contributed by atoms with E-state index >= 15 is 0 Å². The van der Waals surface area contributed by atoms with Gasteiger partial charge in [0.2, 0.25) is 0 Å². The number of nitriles is 1. The van der Waals surface area contributed by atoms with Gasteiger partial charge < -0.3 is 10.3 Å². The molecular formula is C10H15N3. The molecule has 3 heteroatoms. The summed E-state index contributed by atoms with van der Waals surface area (Å²) in [4.78, 5) is 3.08. The summed E-state index contributed by atoms with van der Waals surface area (Å²) >= 11 is 0. The second kappa shape index (κ2) is 4.56. The first-order chi connectivity index (χ1) is 6.33. The zero-order valence-electron chi connectivity index (χ0n) is 8.15. The van der Waals surface area contributed by atoms with Gasteiger partial charge in [0.05, 0.1) is 5.56 Å². The molecule has 1 aromatic rings. The van der Waals surface area contributed by atoms with Crippen LogP contribution in [0.1, 0.15) is 31.4 Å².